The molecule has 0 aliphatic carbocycles. The first kappa shape index (κ1) is 29.6. The summed E-state index contributed by atoms with van der Waals surface area (Å²) in [6, 6.07) is 7.22. The Morgan fingerprint density at radius 2 is 1.80 bits per heavy atom. The average molecular weight is 580 g/mol. The molecule has 0 radical (unpaired) electrons. The number of aryl methyl sites for hydroxylation is 1. The van der Waals surface area contributed by atoms with E-state index in [0.29, 0.717) is 16.7 Å². The van der Waals surface area contributed by atoms with Crippen molar-refractivity contribution in [3.8, 4) is 0 Å². The van der Waals surface area contributed by atoms with E-state index >= 15 is 0 Å². The van der Waals surface area contributed by atoms with Gasteiger partial charge in [0.2, 0.25) is 11.7 Å². The lowest BCUT2D eigenvalue weighted by Crippen LogP contribution is -2.55. The fourth-order valence-corrected chi connectivity index (χ4v) is 5.59. The number of hydrogen-bond acceptors (Lipinski definition) is 7. The average Bonchev–Trinajstić information content (AvgIpc) is 3.22. The van der Waals surface area contributed by atoms with Crippen LogP contribution in [0.1, 0.15) is 53.2 Å². The van der Waals surface area contributed by atoms with E-state index in [4.69, 9.17) is 9.05 Å². The second-order valence-corrected chi connectivity index (χ2v) is 11.6. The van der Waals surface area contributed by atoms with E-state index in [0.717, 1.165) is 29.2 Å². The normalized spacial score (nSPS) is 19.1. The van der Waals surface area contributed by atoms with Crippen molar-refractivity contribution in [2.45, 2.75) is 51.1 Å². The van der Waals surface area contributed by atoms with Crippen LogP contribution in [0.2, 0.25) is 0 Å². The number of halogens is 3. The third-order valence-corrected chi connectivity index (χ3v) is 8.16. The van der Waals surface area contributed by atoms with Crippen LogP contribution >= 0.6 is 7.60 Å². The highest BCUT2D eigenvalue weighted by Crippen LogP contribution is 2.44. The van der Waals surface area contributed by atoms with Crippen LogP contribution < -0.4 is 0 Å². The van der Waals surface area contributed by atoms with Gasteiger partial charge in [0.05, 0.1) is 6.61 Å². The summed E-state index contributed by atoms with van der Waals surface area (Å²) in [7, 11) is -3.48. The number of likely N-dealkylation sites (tertiary alicyclic amines) is 1. The number of alkyl halides is 2. The van der Waals surface area contributed by atoms with Gasteiger partial charge in [-0.25, -0.2) is 4.39 Å². The van der Waals surface area contributed by atoms with E-state index in [1.807, 2.05) is 0 Å². The minimum absolute atomic E-state index is 0.0179. The third kappa shape index (κ3) is 6.19. The van der Waals surface area contributed by atoms with Crippen LogP contribution in [0.4, 0.5) is 13.2 Å². The van der Waals surface area contributed by atoms with Gasteiger partial charge < -0.3 is 9.42 Å². The maximum absolute atomic E-state index is 14.6. The summed E-state index contributed by atoms with van der Waals surface area (Å²) in [5, 5.41) is 0. The van der Waals surface area contributed by atoms with Crippen LogP contribution in [0.25, 0.3) is 0 Å². The number of ketones is 1. The molecule has 2 atom stereocenters. The maximum atomic E-state index is 14.6. The minimum atomic E-state index is -3.78. The van der Waals surface area contributed by atoms with Gasteiger partial charge in [-0.15, -0.1) is 0 Å². The predicted octanol–water partition coefficient (Wildman–Crippen LogP) is 4.43. The van der Waals surface area contributed by atoms with Crippen molar-refractivity contribution in [2.75, 3.05) is 20.0 Å². The Balaban J connectivity index is 1.41. The fourth-order valence-electron chi connectivity index (χ4n) is 4.72. The number of imide groups is 1. The van der Waals surface area contributed by atoms with E-state index in [-0.39, 0.29) is 32.4 Å². The van der Waals surface area contributed by atoms with Crippen molar-refractivity contribution in [1.29, 1.82) is 0 Å². The molecular weight excluding hydrogens is 552 g/mol. The van der Waals surface area contributed by atoms with Gasteiger partial charge in [0.25, 0.3) is 11.8 Å². The molecule has 2 unspecified atom stereocenters. The molecule has 2 aromatic carbocycles. The topological polar surface area (TPSA) is 110 Å². The molecule has 0 bridgehead atoms. The summed E-state index contributed by atoms with van der Waals surface area (Å²) < 4.78 is 64.6. The Morgan fingerprint density at radius 1 is 1.10 bits per heavy atom. The molecule has 4 rings (SSSR count). The van der Waals surface area contributed by atoms with E-state index in [1.165, 1.54) is 17.6 Å². The third-order valence-electron chi connectivity index (χ3n) is 6.84. The number of carbonyl (C=O) groups is 4. The molecule has 0 saturated carbocycles. The molecule has 2 aliphatic heterocycles. The molecule has 2 aromatic rings. The first-order valence-electron chi connectivity index (χ1n) is 12.6. The number of nitrogens with zero attached hydrogens (tertiary/aromatic N) is 2. The smallest absolute Gasteiger partial charge is 0.322 e. The van der Waals surface area contributed by atoms with Gasteiger partial charge in [0.1, 0.15) is 18.6 Å². The maximum Gasteiger partial charge on any atom is 0.330 e. The number of amides is 3. The second-order valence-electron chi connectivity index (χ2n) is 9.59. The quantitative estimate of drug-likeness (QED) is 0.286. The molecule has 214 valence electrons. The molecule has 13 heteroatoms. The standard InChI is InChI=1S/C27H28F3N2O7P/c1-3-38-40(2,37)39-16-32-24(34)13-11-22(26(32)36)31-15-18-14-17(4-10-21(18)25(31)35)5-12-23(33)27(29,30)19-6-8-20(28)9-7-19/h4,6-10,14,22H,3,5,11-13,15-16H2,1-2H3. The van der Waals surface area contributed by atoms with Crippen molar-refractivity contribution in [3.63, 3.8) is 0 Å². The van der Waals surface area contributed by atoms with E-state index in [9.17, 15) is 36.9 Å². The molecule has 0 N–H and O–H groups in total. The van der Waals surface area contributed by atoms with Gasteiger partial charge in [-0.05, 0) is 61.2 Å². The van der Waals surface area contributed by atoms with Crippen LogP contribution in [-0.2, 0) is 46.9 Å². The predicted molar refractivity (Wildman–Crippen MR) is 136 cm³/mol. The summed E-state index contributed by atoms with van der Waals surface area (Å²) >= 11 is 0. The Bertz CT molecular complexity index is 1380. The Kier molecular flexibility index (Phi) is 8.63. The molecule has 9 nitrogen and oxygen atoms in total. The summed E-state index contributed by atoms with van der Waals surface area (Å²) in [5.74, 6) is -7.40. The van der Waals surface area contributed by atoms with Crippen molar-refractivity contribution in [2.24, 2.45) is 0 Å². The van der Waals surface area contributed by atoms with Crippen LogP contribution in [0.15, 0.2) is 42.5 Å². The fraction of sp³-hybridized carbons (Fsp3) is 0.407. The molecule has 2 heterocycles. The van der Waals surface area contributed by atoms with Crippen LogP contribution in [0.3, 0.4) is 0 Å². The van der Waals surface area contributed by atoms with Gasteiger partial charge >= 0.3 is 13.5 Å². The lowest BCUT2D eigenvalue weighted by Gasteiger charge is -2.35. The van der Waals surface area contributed by atoms with Crippen LogP contribution in [0.5, 0.6) is 0 Å². The summed E-state index contributed by atoms with van der Waals surface area (Å²) in [6.07, 6.45) is -0.431. The van der Waals surface area contributed by atoms with Gasteiger partial charge in [-0.1, -0.05) is 12.1 Å². The highest BCUT2D eigenvalue weighted by Gasteiger charge is 2.43. The molecule has 0 aromatic heterocycles. The number of rotatable bonds is 11. The number of piperidine rings is 1. The highest BCUT2D eigenvalue weighted by molar-refractivity contribution is 7.52. The Morgan fingerprint density at radius 3 is 2.48 bits per heavy atom. The molecule has 0 spiro atoms. The number of Topliss-reactive ketones (excluding diaryl/α,β-unsaturated/α-hetero) is 1. The summed E-state index contributed by atoms with van der Waals surface area (Å²) in [5.41, 5.74) is 0.839. The van der Waals surface area contributed by atoms with Crippen LogP contribution in [-0.4, -0.2) is 59.3 Å². The monoisotopic (exact) mass is 580 g/mol. The van der Waals surface area contributed by atoms with E-state index in [2.05, 4.69) is 0 Å². The van der Waals surface area contributed by atoms with Gasteiger partial charge in [-0.2, -0.15) is 8.78 Å². The number of hydrogen-bond donors (Lipinski definition) is 0. The highest BCUT2D eigenvalue weighted by atomic mass is 31.2. The van der Waals surface area contributed by atoms with Crippen molar-refractivity contribution >= 4 is 31.1 Å². The zero-order valence-corrected chi connectivity index (χ0v) is 22.8. The molecule has 1 fully saturated rings. The van der Waals surface area contributed by atoms with Gasteiger partial charge in [0, 0.05) is 37.2 Å². The molecule has 3 amide bonds. The Labute approximate surface area is 228 Å². The first-order chi connectivity index (χ1) is 18.8. The molecule has 2 aliphatic rings. The van der Waals surface area contributed by atoms with E-state index in [1.54, 1.807) is 19.1 Å². The number of benzene rings is 2. The summed E-state index contributed by atoms with van der Waals surface area (Å²) in [6.45, 7) is 2.44. The zero-order chi connectivity index (χ0) is 29.2. The lowest BCUT2D eigenvalue weighted by molar-refractivity contribution is -0.156. The lowest BCUT2D eigenvalue weighted by atomic mass is 9.97. The second kappa shape index (κ2) is 11.6. The summed E-state index contributed by atoms with van der Waals surface area (Å²) in [4.78, 5) is 53.1. The van der Waals surface area contributed by atoms with Gasteiger partial charge in [0.15, 0.2) is 0 Å². The van der Waals surface area contributed by atoms with Crippen molar-refractivity contribution in [3.05, 3.63) is 70.5 Å². The number of fused-ring (bicyclic) bond motifs is 1. The van der Waals surface area contributed by atoms with E-state index < -0.39 is 67.6 Å². The minimum Gasteiger partial charge on any atom is -0.322 e. The Hall–Kier alpha value is -3.34. The van der Waals surface area contributed by atoms with Crippen molar-refractivity contribution < 1.29 is 46.0 Å². The molecular formula is C27H28F3N2O7P. The molecule has 1 saturated heterocycles. The largest absolute Gasteiger partial charge is 0.330 e. The van der Waals surface area contributed by atoms with Gasteiger partial charge in [-0.3, -0.25) is 33.2 Å². The zero-order valence-electron chi connectivity index (χ0n) is 21.9. The number of carbonyl (C=O) groups excluding carboxylic acids is 4. The molecule has 40 heavy (non-hydrogen) atoms. The van der Waals surface area contributed by atoms with Crippen LogP contribution in [0, 0.1) is 5.82 Å². The first-order valence-corrected chi connectivity index (χ1v) is 14.6. The SMILES string of the molecule is CCOP(C)(=O)OCN1C(=O)CCC(N2Cc3cc(CCC(=O)C(F)(F)c4ccc(F)cc4)ccc3C2=O)C1=O. The van der Waals surface area contributed by atoms with Crippen molar-refractivity contribution in [1.82, 2.24) is 9.80 Å².